The Morgan fingerprint density at radius 1 is 0.491 bits per heavy atom. The van der Waals surface area contributed by atoms with E-state index in [1.807, 2.05) is 102 Å². The Balaban J connectivity index is 0.000000143. The summed E-state index contributed by atoms with van der Waals surface area (Å²) in [7, 11) is 0. The fourth-order valence-corrected chi connectivity index (χ4v) is 10.8. The predicted octanol–water partition coefficient (Wildman–Crippen LogP) is 13.8. The molecule has 11 rings (SSSR count). The zero-order chi connectivity index (χ0) is 38.5. The molecule has 0 amide bonds. The fraction of sp³-hybridized carbons (Fsp3) is 0.0204. The summed E-state index contributed by atoms with van der Waals surface area (Å²) < 4.78 is 6.06. The van der Waals surface area contributed by atoms with Crippen LogP contribution in [0.25, 0.3) is 84.6 Å². The lowest BCUT2D eigenvalue weighted by molar-refractivity contribution is 1.08. The van der Waals surface area contributed by atoms with Crippen molar-refractivity contribution in [2.24, 2.45) is 0 Å². The van der Waals surface area contributed by atoms with E-state index in [1.54, 1.807) is 22.7 Å². The van der Waals surface area contributed by atoms with Crippen LogP contribution in [0.5, 0.6) is 0 Å². The number of nitrogens with two attached hydrogens (primary N) is 1. The number of fused-ring (bicyclic) bond motifs is 7. The van der Waals surface area contributed by atoms with E-state index in [4.69, 9.17) is 26.1 Å². The minimum atomic E-state index is 0.510. The molecule has 0 bridgehead atoms. The molecule has 4 aromatic heterocycles. The van der Waals surface area contributed by atoms with Crippen molar-refractivity contribution < 1.29 is 0 Å². The van der Waals surface area contributed by atoms with Crippen LogP contribution in [0.1, 0.15) is 16.0 Å². The van der Waals surface area contributed by atoms with Crippen LogP contribution in [0.3, 0.4) is 0 Å². The van der Waals surface area contributed by atoms with Crippen molar-refractivity contribution in [3.63, 3.8) is 0 Å². The lowest BCUT2D eigenvalue weighted by Gasteiger charge is -2.09. The van der Waals surface area contributed by atoms with Crippen LogP contribution in [-0.2, 0) is 0 Å². The van der Waals surface area contributed by atoms with Gasteiger partial charge >= 0.3 is 0 Å². The average Bonchev–Trinajstić information content (AvgIpc) is 3.95. The van der Waals surface area contributed by atoms with E-state index in [-0.39, 0.29) is 0 Å². The molecule has 0 unspecified atom stereocenters. The first-order valence-corrected chi connectivity index (χ1v) is 21.0. The molecule has 7 aromatic carbocycles. The molecule has 57 heavy (non-hydrogen) atoms. The van der Waals surface area contributed by atoms with Gasteiger partial charge in [0.1, 0.15) is 0 Å². The number of rotatable bonds is 5. The third-order valence-electron chi connectivity index (χ3n) is 10.1. The maximum atomic E-state index is 8.84. The normalized spacial score (nSPS) is 11.4. The van der Waals surface area contributed by atoms with Crippen molar-refractivity contribution in [3.8, 4) is 34.2 Å². The van der Waals surface area contributed by atoms with Crippen molar-refractivity contribution in [1.29, 1.82) is 5.41 Å². The molecule has 3 N–H and O–H groups in total. The Labute approximate surface area is 340 Å². The van der Waals surface area contributed by atoms with Gasteiger partial charge in [0.2, 0.25) is 0 Å². The Bertz CT molecular complexity index is 3230. The molecule has 0 spiro atoms. The molecule has 0 saturated carbocycles. The Morgan fingerprint density at radius 2 is 1.05 bits per heavy atom. The van der Waals surface area contributed by atoms with E-state index >= 15 is 0 Å². The number of aromatic nitrogens is 3. The van der Waals surface area contributed by atoms with E-state index in [9.17, 15) is 0 Å². The number of hydrogen-bond donors (Lipinski definition) is 2. The maximum Gasteiger partial charge on any atom is 0.164 e. The van der Waals surface area contributed by atoms with E-state index in [1.165, 1.54) is 41.2 Å². The summed E-state index contributed by atoms with van der Waals surface area (Å²) in [5.41, 5.74) is 12.8. The summed E-state index contributed by atoms with van der Waals surface area (Å²) in [5.74, 6) is 2.06. The Morgan fingerprint density at radius 3 is 1.75 bits per heavy atom. The highest BCUT2D eigenvalue weighted by atomic mass is 32.1. The van der Waals surface area contributed by atoms with Gasteiger partial charge in [-0.2, -0.15) is 0 Å². The molecule has 0 aliphatic heterocycles. The van der Waals surface area contributed by atoms with Crippen molar-refractivity contribution in [2.75, 3.05) is 5.73 Å². The quantitative estimate of drug-likeness (QED) is 0.170. The van der Waals surface area contributed by atoms with Crippen LogP contribution in [0.4, 0.5) is 5.69 Å². The minimum Gasteiger partial charge on any atom is -0.397 e. The number of thiophene rings is 3. The molecule has 0 radical (unpaired) electrons. The van der Waals surface area contributed by atoms with Gasteiger partial charge in [-0.1, -0.05) is 139 Å². The maximum absolute atomic E-state index is 8.84. The summed E-state index contributed by atoms with van der Waals surface area (Å²) >= 11 is 5.15. The van der Waals surface area contributed by atoms with Crippen LogP contribution < -0.4 is 5.73 Å². The second-order valence-electron chi connectivity index (χ2n) is 13.8. The monoisotopic (exact) mass is 787 g/mol. The predicted molar refractivity (Wildman–Crippen MR) is 245 cm³/mol. The van der Waals surface area contributed by atoms with Crippen LogP contribution in [0.2, 0.25) is 0 Å². The molecule has 4 heterocycles. The standard InChI is InChI=1S/C28H19N3S.C21H14N2S2/c1-18-15-16-23-22(17-18)25-21(13-8-14-24(25)32-23)28-30-26(19-9-4-2-5-10-19)29-27(31-28)20-11-6-3-7-12-20;22-18-14-7-2-4-11-17(14)25-21(18)19(23)15-9-5-8-13-12-6-1-3-10-16(12)24-20(13)15/h2-17H,1H3;1-11,23H,22H2. The van der Waals surface area contributed by atoms with Gasteiger partial charge in [0.15, 0.2) is 17.5 Å². The molecule has 272 valence electrons. The lowest BCUT2D eigenvalue weighted by atomic mass is 10.0. The minimum absolute atomic E-state index is 0.510. The van der Waals surface area contributed by atoms with E-state index in [2.05, 4.69) is 79.7 Å². The average molecular weight is 788 g/mol. The first-order valence-electron chi connectivity index (χ1n) is 18.6. The smallest absolute Gasteiger partial charge is 0.164 e. The second-order valence-corrected chi connectivity index (χ2v) is 17.0. The van der Waals surface area contributed by atoms with Gasteiger partial charge in [-0.05, 0) is 37.3 Å². The molecule has 0 fully saturated rings. The van der Waals surface area contributed by atoms with E-state index < -0.39 is 0 Å². The van der Waals surface area contributed by atoms with Gasteiger partial charge in [-0.25, -0.2) is 15.0 Å². The van der Waals surface area contributed by atoms with E-state index in [0.717, 1.165) is 41.9 Å². The first-order chi connectivity index (χ1) is 28.0. The molecular formula is C49H33N5S3. The third-order valence-corrected chi connectivity index (χ3v) is 13.7. The topological polar surface area (TPSA) is 88.5 Å². The third kappa shape index (κ3) is 6.34. The molecule has 8 heteroatoms. The molecule has 5 nitrogen and oxygen atoms in total. The van der Waals surface area contributed by atoms with Gasteiger partial charge < -0.3 is 5.73 Å². The van der Waals surface area contributed by atoms with Crippen molar-refractivity contribution >= 4 is 95.8 Å². The summed E-state index contributed by atoms with van der Waals surface area (Å²) in [4.78, 5) is 15.6. The van der Waals surface area contributed by atoms with Crippen LogP contribution in [0, 0.1) is 12.3 Å². The molecule has 0 aliphatic carbocycles. The zero-order valence-electron chi connectivity index (χ0n) is 30.7. The largest absolute Gasteiger partial charge is 0.397 e. The highest BCUT2D eigenvalue weighted by Gasteiger charge is 2.19. The van der Waals surface area contributed by atoms with Crippen molar-refractivity contribution in [3.05, 3.63) is 180 Å². The van der Waals surface area contributed by atoms with Crippen LogP contribution in [-0.4, -0.2) is 20.7 Å². The van der Waals surface area contributed by atoms with Crippen molar-refractivity contribution in [1.82, 2.24) is 15.0 Å². The first kappa shape index (κ1) is 34.9. The van der Waals surface area contributed by atoms with Crippen LogP contribution in [0.15, 0.2) is 164 Å². The molecule has 0 atom stereocenters. The number of hydrogen-bond acceptors (Lipinski definition) is 8. The number of benzene rings is 7. The number of aryl methyl sites for hydroxylation is 1. The molecule has 0 aliphatic rings. The summed E-state index contributed by atoms with van der Waals surface area (Å²) in [5, 5.41) is 14.8. The molecular weight excluding hydrogens is 755 g/mol. The van der Waals surface area contributed by atoms with Gasteiger partial charge in [-0.15, -0.1) is 34.0 Å². The highest BCUT2D eigenvalue weighted by molar-refractivity contribution is 7.26. The number of nitrogens with one attached hydrogen (secondary N) is 1. The fourth-order valence-electron chi connectivity index (χ4n) is 7.37. The lowest BCUT2D eigenvalue weighted by Crippen LogP contribution is -2.02. The zero-order valence-corrected chi connectivity index (χ0v) is 33.2. The SMILES string of the molecule is Cc1ccc2sc3cccc(-c4nc(-c5ccccc5)nc(-c5ccccc5)n4)c3c2c1.N=C(c1sc2ccccc2c1N)c1cccc2c1sc1ccccc12. The number of anilines is 1. The van der Waals surface area contributed by atoms with Crippen LogP contribution >= 0.6 is 34.0 Å². The second kappa shape index (κ2) is 14.5. The van der Waals surface area contributed by atoms with Gasteiger partial charge in [0.25, 0.3) is 0 Å². The number of nitrogen functional groups attached to an aromatic ring is 1. The van der Waals surface area contributed by atoms with Gasteiger partial charge in [0, 0.05) is 72.7 Å². The van der Waals surface area contributed by atoms with Gasteiger partial charge in [0.05, 0.1) is 16.3 Å². The highest BCUT2D eigenvalue weighted by Crippen LogP contribution is 2.41. The van der Waals surface area contributed by atoms with E-state index in [0.29, 0.717) is 28.9 Å². The molecule has 11 aromatic rings. The summed E-state index contributed by atoms with van der Waals surface area (Å²) in [6.07, 6.45) is 0. The van der Waals surface area contributed by atoms with Crippen molar-refractivity contribution in [2.45, 2.75) is 6.92 Å². The summed E-state index contributed by atoms with van der Waals surface area (Å²) in [6.45, 7) is 2.13. The summed E-state index contributed by atoms with van der Waals surface area (Å²) in [6, 6.07) is 55.9. The Hall–Kier alpha value is -6.58. The number of nitrogens with zero attached hydrogens (tertiary/aromatic N) is 3. The molecule has 0 saturated heterocycles. The van der Waals surface area contributed by atoms with Gasteiger partial charge in [-0.3, -0.25) is 5.41 Å². The Kier molecular flexibility index (Phi) is 8.87.